The Morgan fingerprint density at radius 2 is 1.42 bits per heavy atom. The summed E-state index contributed by atoms with van der Waals surface area (Å²) >= 11 is 0. The van der Waals surface area contributed by atoms with Crippen molar-refractivity contribution in [1.29, 1.82) is 0 Å². The SMILES string of the molecule is COCC(=O)Nc1ccc(NC(=O)Cc2ccc3ccccc3c2)cc1. The molecule has 0 aliphatic carbocycles. The number of methoxy groups -OCH3 is 1. The number of nitrogens with one attached hydrogen (secondary N) is 2. The molecule has 0 fully saturated rings. The summed E-state index contributed by atoms with van der Waals surface area (Å²) in [4.78, 5) is 23.7. The number of hydrogen-bond donors (Lipinski definition) is 2. The fourth-order valence-corrected chi connectivity index (χ4v) is 2.70. The molecule has 0 radical (unpaired) electrons. The number of carbonyl (C=O) groups is 2. The highest BCUT2D eigenvalue weighted by Crippen LogP contribution is 2.17. The van der Waals surface area contributed by atoms with Gasteiger partial charge < -0.3 is 15.4 Å². The maximum absolute atomic E-state index is 12.3. The van der Waals surface area contributed by atoms with Gasteiger partial charge in [0.05, 0.1) is 6.42 Å². The average molecular weight is 348 g/mol. The van der Waals surface area contributed by atoms with Crippen LogP contribution in [-0.4, -0.2) is 25.5 Å². The molecule has 0 unspecified atom stereocenters. The van der Waals surface area contributed by atoms with Crippen LogP contribution < -0.4 is 10.6 Å². The Hall–Kier alpha value is -3.18. The van der Waals surface area contributed by atoms with Gasteiger partial charge in [-0.15, -0.1) is 0 Å². The predicted molar refractivity (Wildman–Crippen MR) is 103 cm³/mol. The van der Waals surface area contributed by atoms with Gasteiger partial charge >= 0.3 is 0 Å². The van der Waals surface area contributed by atoms with Crippen LogP contribution in [-0.2, 0) is 20.7 Å². The third-order valence-corrected chi connectivity index (χ3v) is 3.91. The third kappa shape index (κ3) is 4.68. The number of benzene rings is 3. The van der Waals surface area contributed by atoms with Gasteiger partial charge in [-0.1, -0.05) is 42.5 Å². The Labute approximate surface area is 152 Å². The lowest BCUT2D eigenvalue weighted by molar-refractivity contribution is -0.119. The first-order valence-corrected chi connectivity index (χ1v) is 8.30. The molecule has 2 N–H and O–H groups in total. The molecule has 0 aromatic heterocycles. The van der Waals surface area contributed by atoms with E-state index in [1.54, 1.807) is 24.3 Å². The molecule has 3 rings (SSSR count). The van der Waals surface area contributed by atoms with Crippen LogP contribution in [0, 0.1) is 0 Å². The van der Waals surface area contributed by atoms with Crippen LogP contribution in [0.25, 0.3) is 10.8 Å². The van der Waals surface area contributed by atoms with Gasteiger partial charge in [-0.05, 0) is 40.6 Å². The normalized spacial score (nSPS) is 10.5. The first-order valence-electron chi connectivity index (χ1n) is 8.30. The molecular weight excluding hydrogens is 328 g/mol. The van der Waals surface area contributed by atoms with Crippen LogP contribution in [0.4, 0.5) is 11.4 Å². The molecule has 0 spiro atoms. The molecule has 5 nitrogen and oxygen atoms in total. The summed E-state index contributed by atoms with van der Waals surface area (Å²) in [5.74, 6) is -0.308. The summed E-state index contributed by atoms with van der Waals surface area (Å²) in [5, 5.41) is 7.85. The van der Waals surface area contributed by atoms with Crippen LogP contribution in [0.15, 0.2) is 66.7 Å². The van der Waals surface area contributed by atoms with Gasteiger partial charge in [-0.2, -0.15) is 0 Å². The predicted octanol–water partition coefficient (Wildman–Crippen LogP) is 3.61. The molecule has 5 heteroatoms. The third-order valence-electron chi connectivity index (χ3n) is 3.91. The van der Waals surface area contributed by atoms with Gasteiger partial charge in [0.25, 0.3) is 0 Å². The zero-order valence-electron chi connectivity index (χ0n) is 14.5. The number of fused-ring (bicyclic) bond motifs is 1. The standard InChI is InChI=1S/C21H20N2O3/c1-26-14-21(25)23-19-10-8-18(9-11-19)22-20(24)13-15-6-7-16-4-2-3-5-17(16)12-15/h2-12H,13-14H2,1H3,(H,22,24)(H,23,25). The minimum atomic E-state index is -0.222. The molecule has 26 heavy (non-hydrogen) atoms. The minimum Gasteiger partial charge on any atom is -0.375 e. The second-order valence-electron chi connectivity index (χ2n) is 5.96. The molecule has 0 bridgehead atoms. The van der Waals surface area contributed by atoms with Crippen molar-refractivity contribution in [3.8, 4) is 0 Å². The van der Waals surface area contributed by atoms with Crippen LogP contribution >= 0.6 is 0 Å². The zero-order valence-corrected chi connectivity index (χ0v) is 14.5. The average Bonchev–Trinajstić information content (AvgIpc) is 2.63. The van der Waals surface area contributed by atoms with E-state index in [0.717, 1.165) is 16.3 Å². The van der Waals surface area contributed by atoms with E-state index in [9.17, 15) is 9.59 Å². The topological polar surface area (TPSA) is 67.4 Å². The fourth-order valence-electron chi connectivity index (χ4n) is 2.70. The highest BCUT2D eigenvalue weighted by atomic mass is 16.5. The molecule has 0 aliphatic rings. The molecular formula is C21H20N2O3. The summed E-state index contributed by atoms with van der Waals surface area (Å²) < 4.78 is 4.77. The van der Waals surface area contributed by atoms with Crippen LogP contribution in [0.3, 0.4) is 0 Å². The number of hydrogen-bond acceptors (Lipinski definition) is 3. The van der Waals surface area contributed by atoms with Gasteiger partial charge in [0.1, 0.15) is 6.61 Å². The quantitative estimate of drug-likeness (QED) is 0.715. The summed E-state index contributed by atoms with van der Waals surface area (Å²) in [6.45, 7) is 0.00421. The summed E-state index contributed by atoms with van der Waals surface area (Å²) in [5.41, 5.74) is 2.30. The number of amides is 2. The second-order valence-corrected chi connectivity index (χ2v) is 5.96. The maximum Gasteiger partial charge on any atom is 0.250 e. The molecule has 2 amide bonds. The molecule has 0 atom stereocenters. The van der Waals surface area contributed by atoms with Crippen molar-refractivity contribution in [2.45, 2.75) is 6.42 Å². The molecule has 3 aromatic carbocycles. The lowest BCUT2D eigenvalue weighted by atomic mass is 10.0. The Morgan fingerprint density at radius 1 is 0.808 bits per heavy atom. The smallest absolute Gasteiger partial charge is 0.250 e. The van der Waals surface area contributed by atoms with Crippen molar-refractivity contribution in [2.24, 2.45) is 0 Å². The van der Waals surface area contributed by atoms with Gasteiger partial charge in [-0.25, -0.2) is 0 Å². The molecule has 0 heterocycles. The van der Waals surface area contributed by atoms with E-state index in [1.807, 2.05) is 42.5 Å². The molecule has 0 saturated heterocycles. The van der Waals surface area contributed by atoms with Crippen LogP contribution in [0.2, 0.25) is 0 Å². The van der Waals surface area contributed by atoms with E-state index in [4.69, 9.17) is 4.74 Å². The van der Waals surface area contributed by atoms with Crippen LogP contribution in [0.1, 0.15) is 5.56 Å². The number of ether oxygens (including phenoxy) is 1. The highest BCUT2D eigenvalue weighted by molar-refractivity contribution is 5.94. The monoisotopic (exact) mass is 348 g/mol. The van der Waals surface area contributed by atoms with Crippen molar-refractivity contribution in [1.82, 2.24) is 0 Å². The number of carbonyl (C=O) groups excluding carboxylic acids is 2. The van der Waals surface area contributed by atoms with Gasteiger partial charge in [0.2, 0.25) is 11.8 Å². The molecule has 132 valence electrons. The number of rotatable bonds is 6. The van der Waals surface area contributed by atoms with Crippen molar-refractivity contribution in [3.05, 3.63) is 72.3 Å². The summed E-state index contributed by atoms with van der Waals surface area (Å²) in [6, 6.07) is 21.1. The van der Waals surface area contributed by atoms with Gasteiger partial charge in [-0.3, -0.25) is 9.59 Å². The number of anilines is 2. The summed E-state index contributed by atoms with van der Waals surface area (Å²) in [7, 11) is 1.47. The first-order chi connectivity index (χ1) is 12.6. The van der Waals surface area contributed by atoms with E-state index < -0.39 is 0 Å². The van der Waals surface area contributed by atoms with E-state index >= 15 is 0 Å². The van der Waals surface area contributed by atoms with Gasteiger partial charge in [0, 0.05) is 18.5 Å². The van der Waals surface area contributed by atoms with E-state index in [0.29, 0.717) is 17.8 Å². The maximum atomic E-state index is 12.3. The summed E-state index contributed by atoms with van der Waals surface area (Å²) in [6.07, 6.45) is 0.303. The molecule has 3 aromatic rings. The van der Waals surface area contributed by atoms with Gasteiger partial charge in [0.15, 0.2) is 0 Å². The Morgan fingerprint density at radius 3 is 2.08 bits per heavy atom. The lowest BCUT2D eigenvalue weighted by Gasteiger charge is -2.08. The van der Waals surface area contributed by atoms with E-state index in [-0.39, 0.29) is 18.4 Å². The second kappa shape index (κ2) is 8.27. The van der Waals surface area contributed by atoms with E-state index in [1.165, 1.54) is 7.11 Å². The largest absolute Gasteiger partial charge is 0.375 e. The zero-order chi connectivity index (χ0) is 18.4. The Kier molecular flexibility index (Phi) is 5.61. The van der Waals surface area contributed by atoms with E-state index in [2.05, 4.69) is 10.6 Å². The Balaban J connectivity index is 1.59. The molecule has 0 saturated carbocycles. The first kappa shape index (κ1) is 17.6. The van der Waals surface area contributed by atoms with Crippen molar-refractivity contribution < 1.29 is 14.3 Å². The highest BCUT2D eigenvalue weighted by Gasteiger charge is 2.06. The fraction of sp³-hybridized carbons (Fsp3) is 0.143. The van der Waals surface area contributed by atoms with Crippen molar-refractivity contribution in [3.63, 3.8) is 0 Å². The molecule has 0 aliphatic heterocycles. The van der Waals surface area contributed by atoms with Crippen molar-refractivity contribution in [2.75, 3.05) is 24.4 Å². The van der Waals surface area contributed by atoms with Crippen LogP contribution in [0.5, 0.6) is 0 Å². The lowest BCUT2D eigenvalue weighted by Crippen LogP contribution is -2.17. The Bertz CT molecular complexity index is 920. The van der Waals surface area contributed by atoms with Crippen molar-refractivity contribution >= 4 is 34.0 Å². The minimum absolute atomic E-state index is 0.00421.